The summed E-state index contributed by atoms with van der Waals surface area (Å²) < 4.78 is 12.9. The van der Waals surface area contributed by atoms with Crippen LogP contribution in [0.4, 0.5) is 15.9 Å². The normalized spacial score (nSPS) is 10.8. The van der Waals surface area contributed by atoms with E-state index in [1.54, 1.807) is 18.5 Å². The fraction of sp³-hybridized carbons (Fsp3) is 0.0833. The van der Waals surface area contributed by atoms with E-state index in [9.17, 15) is 4.39 Å². The Balaban J connectivity index is 2.08. The summed E-state index contributed by atoms with van der Waals surface area (Å²) in [4.78, 5) is 17.2. The van der Waals surface area contributed by atoms with Crippen LogP contribution in [0.3, 0.4) is 0 Å². The van der Waals surface area contributed by atoms with Gasteiger partial charge in [0.2, 0.25) is 0 Å². The van der Waals surface area contributed by atoms with Crippen LogP contribution in [-0.2, 0) is 0 Å². The number of halogens is 1. The van der Waals surface area contributed by atoms with Crippen molar-refractivity contribution in [2.45, 2.75) is 0 Å². The minimum absolute atomic E-state index is 0.262. The first-order chi connectivity index (χ1) is 8.75. The largest absolute Gasteiger partial charge is 0.340 e. The van der Waals surface area contributed by atoms with Crippen molar-refractivity contribution in [3.63, 3.8) is 0 Å². The Hall–Kier alpha value is -2.50. The Morgan fingerprint density at radius 3 is 2.67 bits per heavy atom. The molecule has 0 aliphatic heterocycles. The summed E-state index contributed by atoms with van der Waals surface area (Å²) in [7, 11) is 1.86. The maximum Gasteiger partial charge on any atom is 0.182 e. The molecule has 0 aliphatic rings. The smallest absolute Gasteiger partial charge is 0.182 e. The molecule has 0 saturated carbocycles. The van der Waals surface area contributed by atoms with Crippen LogP contribution < -0.4 is 4.90 Å². The number of aromatic amines is 1. The number of benzene rings is 1. The van der Waals surface area contributed by atoms with Gasteiger partial charge in [-0.05, 0) is 24.3 Å². The van der Waals surface area contributed by atoms with Gasteiger partial charge in [-0.15, -0.1) is 0 Å². The molecular formula is C12H10FN5. The van der Waals surface area contributed by atoms with Crippen LogP contribution in [-0.4, -0.2) is 27.0 Å². The minimum atomic E-state index is -0.262. The van der Waals surface area contributed by atoms with Crippen LogP contribution in [0.2, 0.25) is 0 Å². The first-order valence-corrected chi connectivity index (χ1v) is 5.39. The zero-order chi connectivity index (χ0) is 12.5. The van der Waals surface area contributed by atoms with Crippen molar-refractivity contribution in [3.05, 3.63) is 42.7 Å². The van der Waals surface area contributed by atoms with Crippen molar-refractivity contribution in [3.8, 4) is 0 Å². The van der Waals surface area contributed by atoms with E-state index in [1.165, 1.54) is 18.5 Å². The lowest BCUT2D eigenvalue weighted by atomic mass is 10.3. The number of aromatic nitrogens is 4. The second kappa shape index (κ2) is 4.06. The zero-order valence-corrected chi connectivity index (χ0v) is 9.63. The third-order valence-electron chi connectivity index (χ3n) is 2.73. The van der Waals surface area contributed by atoms with Crippen molar-refractivity contribution in [1.29, 1.82) is 0 Å². The fourth-order valence-electron chi connectivity index (χ4n) is 1.79. The average Bonchev–Trinajstić information content (AvgIpc) is 2.87. The van der Waals surface area contributed by atoms with Gasteiger partial charge in [0, 0.05) is 12.7 Å². The number of fused-ring (bicyclic) bond motifs is 1. The summed E-state index contributed by atoms with van der Waals surface area (Å²) in [5.41, 5.74) is 2.20. The third-order valence-corrected chi connectivity index (χ3v) is 2.73. The molecule has 0 atom stereocenters. The fourth-order valence-corrected chi connectivity index (χ4v) is 1.79. The third kappa shape index (κ3) is 1.67. The summed E-state index contributed by atoms with van der Waals surface area (Å²) >= 11 is 0. The minimum Gasteiger partial charge on any atom is -0.340 e. The Morgan fingerprint density at radius 1 is 1.11 bits per heavy atom. The lowest BCUT2D eigenvalue weighted by molar-refractivity contribution is 0.628. The second-order valence-electron chi connectivity index (χ2n) is 3.83. The summed E-state index contributed by atoms with van der Waals surface area (Å²) in [6.45, 7) is 0. The molecule has 5 nitrogen and oxygen atoms in total. The molecule has 18 heavy (non-hydrogen) atoms. The van der Waals surface area contributed by atoms with Gasteiger partial charge in [-0.2, -0.15) is 0 Å². The lowest BCUT2D eigenvalue weighted by Gasteiger charge is -2.18. The molecule has 0 bridgehead atoms. The summed E-state index contributed by atoms with van der Waals surface area (Å²) in [5, 5.41) is 0. The molecule has 0 spiro atoms. The summed E-state index contributed by atoms with van der Waals surface area (Å²) in [6, 6.07) is 6.22. The van der Waals surface area contributed by atoms with Gasteiger partial charge in [0.25, 0.3) is 0 Å². The van der Waals surface area contributed by atoms with Crippen molar-refractivity contribution < 1.29 is 4.39 Å². The summed E-state index contributed by atoms with van der Waals surface area (Å²) in [6.07, 6.45) is 3.03. The molecule has 0 aliphatic carbocycles. The van der Waals surface area contributed by atoms with Crippen LogP contribution in [0.25, 0.3) is 11.2 Å². The van der Waals surface area contributed by atoms with Crippen molar-refractivity contribution in [2.75, 3.05) is 11.9 Å². The van der Waals surface area contributed by atoms with Gasteiger partial charge < -0.3 is 9.88 Å². The van der Waals surface area contributed by atoms with Gasteiger partial charge in [0.1, 0.15) is 17.7 Å². The number of H-pyrrole nitrogens is 1. The standard InChI is InChI=1S/C12H10FN5/c1-18(9-4-2-8(13)3-5-9)12-10-11(15-6-14-10)16-7-17-12/h2-7H,1H3,(H,14,15,16,17). The highest BCUT2D eigenvalue weighted by atomic mass is 19.1. The molecule has 0 amide bonds. The Labute approximate surface area is 102 Å². The first kappa shape index (κ1) is 10.6. The number of nitrogens with zero attached hydrogens (tertiary/aromatic N) is 4. The monoisotopic (exact) mass is 243 g/mol. The molecule has 1 aromatic carbocycles. The predicted octanol–water partition coefficient (Wildman–Crippen LogP) is 2.26. The van der Waals surface area contributed by atoms with Crippen molar-refractivity contribution in [2.24, 2.45) is 0 Å². The molecule has 0 radical (unpaired) electrons. The van der Waals surface area contributed by atoms with Gasteiger partial charge in [0.05, 0.1) is 6.33 Å². The van der Waals surface area contributed by atoms with E-state index in [4.69, 9.17) is 0 Å². The highest BCUT2D eigenvalue weighted by Crippen LogP contribution is 2.25. The van der Waals surface area contributed by atoms with E-state index in [-0.39, 0.29) is 5.82 Å². The number of imidazole rings is 1. The Bertz CT molecular complexity index is 676. The Morgan fingerprint density at radius 2 is 1.89 bits per heavy atom. The van der Waals surface area contributed by atoms with Gasteiger partial charge in [-0.1, -0.05) is 0 Å². The molecule has 3 aromatic rings. The molecular weight excluding hydrogens is 233 g/mol. The highest BCUT2D eigenvalue weighted by molar-refractivity contribution is 5.85. The Kier molecular flexibility index (Phi) is 2.40. The number of hydrogen-bond acceptors (Lipinski definition) is 4. The van der Waals surface area contributed by atoms with E-state index in [1.807, 2.05) is 11.9 Å². The molecule has 6 heteroatoms. The van der Waals surface area contributed by atoms with Crippen LogP contribution >= 0.6 is 0 Å². The molecule has 0 fully saturated rings. The summed E-state index contributed by atoms with van der Waals surface area (Å²) in [5.74, 6) is 0.436. The highest BCUT2D eigenvalue weighted by Gasteiger charge is 2.11. The van der Waals surface area contributed by atoms with Crippen LogP contribution in [0, 0.1) is 5.82 Å². The van der Waals surface area contributed by atoms with Crippen molar-refractivity contribution >= 4 is 22.7 Å². The van der Waals surface area contributed by atoms with Crippen molar-refractivity contribution in [1.82, 2.24) is 19.9 Å². The van der Waals surface area contributed by atoms with Crippen LogP contribution in [0.5, 0.6) is 0 Å². The van der Waals surface area contributed by atoms with Gasteiger partial charge >= 0.3 is 0 Å². The van der Waals surface area contributed by atoms with E-state index in [0.29, 0.717) is 11.5 Å². The van der Waals surface area contributed by atoms with E-state index >= 15 is 0 Å². The number of anilines is 2. The van der Waals surface area contributed by atoms with Gasteiger partial charge in [0.15, 0.2) is 11.5 Å². The molecule has 0 unspecified atom stereocenters. The molecule has 0 saturated heterocycles. The van der Waals surface area contributed by atoms with Gasteiger partial charge in [-0.25, -0.2) is 19.3 Å². The van der Waals surface area contributed by atoms with Crippen LogP contribution in [0.1, 0.15) is 0 Å². The predicted molar refractivity (Wildman–Crippen MR) is 66.1 cm³/mol. The molecule has 2 heterocycles. The van der Waals surface area contributed by atoms with E-state index in [0.717, 1.165) is 11.2 Å². The zero-order valence-electron chi connectivity index (χ0n) is 9.63. The van der Waals surface area contributed by atoms with Crippen LogP contribution in [0.15, 0.2) is 36.9 Å². The first-order valence-electron chi connectivity index (χ1n) is 5.39. The number of rotatable bonds is 2. The van der Waals surface area contributed by atoms with E-state index < -0.39 is 0 Å². The SMILES string of the molecule is CN(c1ccc(F)cc1)c1ncnc2nc[nH]c12. The molecule has 1 N–H and O–H groups in total. The molecule has 2 aromatic heterocycles. The lowest BCUT2D eigenvalue weighted by Crippen LogP contribution is -2.12. The number of hydrogen-bond donors (Lipinski definition) is 1. The van der Waals surface area contributed by atoms with E-state index in [2.05, 4.69) is 19.9 Å². The second-order valence-corrected chi connectivity index (χ2v) is 3.83. The maximum absolute atomic E-state index is 12.9. The topological polar surface area (TPSA) is 57.7 Å². The number of nitrogens with one attached hydrogen (secondary N) is 1. The average molecular weight is 243 g/mol. The maximum atomic E-state index is 12.9. The molecule has 3 rings (SSSR count). The van der Waals surface area contributed by atoms with Gasteiger partial charge in [-0.3, -0.25) is 0 Å². The quantitative estimate of drug-likeness (QED) is 0.750. The molecule has 90 valence electrons.